The number of likely N-dealkylation sites (tertiary alicyclic amines) is 1. The van der Waals surface area contributed by atoms with Crippen molar-refractivity contribution in [3.05, 3.63) is 35.9 Å². The number of hydrogen-bond acceptors (Lipinski definition) is 3. The van der Waals surface area contributed by atoms with Gasteiger partial charge in [0.1, 0.15) is 0 Å². The average molecular weight is 304 g/mol. The van der Waals surface area contributed by atoms with Gasteiger partial charge < -0.3 is 10.1 Å². The van der Waals surface area contributed by atoms with Crippen LogP contribution in [-0.4, -0.2) is 42.8 Å². The molecule has 1 fully saturated rings. The largest absolute Gasteiger partial charge is 0.379 e. The Morgan fingerprint density at radius 2 is 1.86 bits per heavy atom. The molecule has 0 bridgehead atoms. The summed E-state index contributed by atoms with van der Waals surface area (Å²) in [4.78, 5) is 2.57. The van der Waals surface area contributed by atoms with Gasteiger partial charge in [0.05, 0.1) is 5.60 Å². The summed E-state index contributed by atoms with van der Waals surface area (Å²) in [5.74, 6) is 0. The van der Waals surface area contributed by atoms with Crippen LogP contribution in [0.4, 0.5) is 0 Å². The lowest BCUT2D eigenvalue weighted by molar-refractivity contribution is 0.00686. The molecule has 3 nitrogen and oxygen atoms in total. The Bertz CT molecular complexity index is 424. The van der Waals surface area contributed by atoms with Crippen molar-refractivity contribution in [1.82, 2.24) is 10.2 Å². The molecule has 124 valence electrons. The van der Waals surface area contributed by atoms with Gasteiger partial charge in [-0.25, -0.2) is 0 Å². The quantitative estimate of drug-likeness (QED) is 0.835. The highest BCUT2D eigenvalue weighted by Gasteiger charge is 2.24. The number of hydrogen-bond donors (Lipinski definition) is 1. The third-order valence-electron chi connectivity index (χ3n) is 4.71. The van der Waals surface area contributed by atoms with E-state index in [0.29, 0.717) is 12.1 Å². The maximum Gasteiger partial charge on any atom is 0.0637 e. The van der Waals surface area contributed by atoms with E-state index in [1.807, 2.05) is 0 Å². The molecule has 1 aliphatic rings. The van der Waals surface area contributed by atoms with Crippen LogP contribution in [0.25, 0.3) is 0 Å². The summed E-state index contributed by atoms with van der Waals surface area (Å²) in [6.07, 6.45) is 3.53. The van der Waals surface area contributed by atoms with Crippen LogP contribution >= 0.6 is 0 Å². The Morgan fingerprint density at radius 3 is 2.45 bits per heavy atom. The fraction of sp³-hybridized carbons (Fsp3) is 0.684. The van der Waals surface area contributed by atoms with Crippen LogP contribution in [0.1, 0.15) is 45.6 Å². The Labute approximate surface area is 136 Å². The van der Waals surface area contributed by atoms with Crippen LogP contribution in [0.5, 0.6) is 0 Å². The highest BCUT2D eigenvalue weighted by atomic mass is 16.5. The van der Waals surface area contributed by atoms with E-state index in [4.69, 9.17) is 4.74 Å². The zero-order chi connectivity index (χ0) is 16.0. The average Bonchev–Trinajstić information content (AvgIpc) is 2.50. The molecule has 1 aliphatic heterocycles. The summed E-state index contributed by atoms with van der Waals surface area (Å²) in [7, 11) is 1.80. The monoisotopic (exact) mass is 304 g/mol. The normalized spacial score (nSPS) is 19.3. The number of piperidine rings is 1. The summed E-state index contributed by atoms with van der Waals surface area (Å²) < 4.78 is 5.53. The number of nitrogens with zero attached hydrogens (tertiary/aromatic N) is 1. The van der Waals surface area contributed by atoms with Gasteiger partial charge in [0.25, 0.3) is 0 Å². The minimum Gasteiger partial charge on any atom is -0.379 e. The van der Waals surface area contributed by atoms with Crippen LogP contribution in [0.2, 0.25) is 0 Å². The second kappa shape index (κ2) is 8.09. The van der Waals surface area contributed by atoms with E-state index in [1.165, 1.54) is 31.5 Å². The van der Waals surface area contributed by atoms with Gasteiger partial charge in [0, 0.05) is 25.7 Å². The first-order valence-corrected chi connectivity index (χ1v) is 8.56. The summed E-state index contributed by atoms with van der Waals surface area (Å²) in [5, 5.41) is 3.79. The molecule has 0 spiro atoms. The predicted molar refractivity (Wildman–Crippen MR) is 93.0 cm³/mol. The lowest BCUT2D eigenvalue weighted by Gasteiger charge is -2.35. The van der Waals surface area contributed by atoms with Gasteiger partial charge in [0.15, 0.2) is 0 Å². The Morgan fingerprint density at radius 1 is 1.23 bits per heavy atom. The van der Waals surface area contributed by atoms with Crippen LogP contribution in [-0.2, 0) is 11.3 Å². The predicted octanol–water partition coefficient (Wildman–Crippen LogP) is 3.44. The number of ether oxygens (including phenoxy) is 1. The van der Waals surface area contributed by atoms with E-state index in [9.17, 15) is 0 Å². The SMILES string of the molecule is COC(C)(C)CC(C)NC1CCN(Cc2ccccc2)CC1. The van der Waals surface area contributed by atoms with E-state index in [1.54, 1.807) is 7.11 Å². The molecule has 2 rings (SSSR count). The van der Waals surface area contributed by atoms with Crippen LogP contribution < -0.4 is 5.32 Å². The maximum atomic E-state index is 5.53. The zero-order valence-corrected chi connectivity index (χ0v) is 14.6. The van der Waals surface area contributed by atoms with Gasteiger partial charge in [0.2, 0.25) is 0 Å². The summed E-state index contributed by atoms with van der Waals surface area (Å²) in [5.41, 5.74) is 1.38. The molecule has 1 atom stereocenters. The van der Waals surface area contributed by atoms with Crippen molar-refractivity contribution in [3.63, 3.8) is 0 Å². The van der Waals surface area contributed by atoms with E-state index in [-0.39, 0.29) is 5.60 Å². The zero-order valence-electron chi connectivity index (χ0n) is 14.6. The van der Waals surface area contributed by atoms with E-state index >= 15 is 0 Å². The lowest BCUT2D eigenvalue weighted by Crippen LogP contribution is -2.47. The first-order valence-electron chi connectivity index (χ1n) is 8.56. The summed E-state index contributed by atoms with van der Waals surface area (Å²) in [6, 6.07) is 11.9. The molecule has 1 N–H and O–H groups in total. The summed E-state index contributed by atoms with van der Waals surface area (Å²) in [6.45, 7) is 10.1. The smallest absolute Gasteiger partial charge is 0.0637 e. The molecule has 22 heavy (non-hydrogen) atoms. The van der Waals surface area contributed by atoms with Crippen LogP contribution in [0, 0.1) is 0 Å². The Hall–Kier alpha value is -0.900. The molecule has 1 aromatic rings. The van der Waals surface area contributed by atoms with Crippen LogP contribution in [0.3, 0.4) is 0 Å². The molecule has 0 saturated carbocycles. The molecular weight excluding hydrogens is 272 g/mol. The van der Waals surface area contributed by atoms with Crippen molar-refractivity contribution >= 4 is 0 Å². The number of methoxy groups -OCH3 is 1. The second-order valence-corrected chi connectivity index (χ2v) is 7.27. The van der Waals surface area contributed by atoms with Crippen LogP contribution in [0.15, 0.2) is 30.3 Å². The minimum atomic E-state index is -0.0412. The van der Waals surface area contributed by atoms with E-state index < -0.39 is 0 Å². The van der Waals surface area contributed by atoms with E-state index in [0.717, 1.165) is 13.0 Å². The van der Waals surface area contributed by atoms with Gasteiger partial charge >= 0.3 is 0 Å². The molecule has 0 aliphatic carbocycles. The van der Waals surface area contributed by atoms with Gasteiger partial charge in [-0.05, 0) is 58.7 Å². The summed E-state index contributed by atoms with van der Waals surface area (Å²) >= 11 is 0. The molecular formula is C19H32N2O. The fourth-order valence-electron chi connectivity index (χ4n) is 3.38. The molecule has 1 unspecified atom stereocenters. The lowest BCUT2D eigenvalue weighted by atomic mass is 9.97. The maximum absolute atomic E-state index is 5.53. The number of benzene rings is 1. The van der Waals surface area contributed by atoms with Gasteiger partial charge in [-0.15, -0.1) is 0 Å². The molecule has 0 amide bonds. The topological polar surface area (TPSA) is 24.5 Å². The highest BCUT2D eigenvalue weighted by molar-refractivity contribution is 5.14. The van der Waals surface area contributed by atoms with Crippen molar-refractivity contribution in [2.45, 2.75) is 64.3 Å². The molecule has 0 aromatic heterocycles. The van der Waals surface area contributed by atoms with Crippen molar-refractivity contribution in [2.24, 2.45) is 0 Å². The fourth-order valence-corrected chi connectivity index (χ4v) is 3.38. The third-order valence-corrected chi connectivity index (χ3v) is 4.71. The first-order chi connectivity index (χ1) is 10.5. The standard InChI is InChI=1S/C19H32N2O/c1-16(14-19(2,3)22-4)20-18-10-12-21(13-11-18)15-17-8-6-5-7-9-17/h5-9,16,18,20H,10-15H2,1-4H3. The first kappa shape index (κ1) is 17.5. The molecule has 1 aromatic carbocycles. The van der Waals surface area contributed by atoms with Gasteiger partial charge in [-0.1, -0.05) is 30.3 Å². The minimum absolute atomic E-state index is 0.0412. The second-order valence-electron chi connectivity index (χ2n) is 7.27. The molecule has 1 heterocycles. The van der Waals surface area contributed by atoms with Crippen molar-refractivity contribution in [1.29, 1.82) is 0 Å². The molecule has 3 heteroatoms. The molecule has 0 radical (unpaired) electrons. The third kappa shape index (κ3) is 5.71. The van der Waals surface area contributed by atoms with E-state index in [2.05, 4.69) is 61.3 Å². The number of rotatable bonds is 7. The Kier molecular flexibility index (Phi) is 6.42. The van der Waals surface area contributed by atoms with Crippen molar-refractivity contribution < 1.29 is 4.74 Å². The van der Waals surface area contributed by atoms with Gasteiger partial charge in [-0.3, -0.25) is 4.90 Å². The number of nitrogens with one attached hydrogen (secondary N) is 1. The van der Waals surface area contributed by atoms with Crippen molar-refractivity contribution in [2.75, 3.05) is 20.2 Å². The van der Waals surface area contributed by atoms with Gasteiger partial charge in [-0.2, -0.15) is 0 Å². The van der Waals surface area contributed by atoms with Crippen molar-refractivity contribution in [3.8, 4) is 0 Å². The Balaban J connectivity index is 1.71. The molecule has 1 saturated heterocycles. The highest BCUT2D eigenvalue weighted by Crippen LogP contribution is 2.18.